The van der Waals surface area contributed by atoms with E-state index >= 15 is 0 Å². The molecule has 0 aliphatic heterocycles. The second-order valence-electron chi connectivity index (χ2n) is 4.19. The normalized spacial score (nSPS) is 11.2. The van der Waals surface area contributed by atoms with Gasteiger partial charge in [-0.1, -0.05) is 6.92 Å². The second kappa shape index (κ2) is 7.99. The Labute approximate surface area is 121 Å². The molecule has 0 heterocycles. The highest BCUT2D eigenvalue weighted by molar-refractivity contribution is 7.91. The number of sulfone groups is 1. The fourth-order valence-electron chi connectivity index (χ4n) is 1.66. The van der Waals surface area contributed by atoms with Crippen molar-refractivity contribution in [1.82, 2.24) is 0 Å². The van der Waals surface area contributed by atoms with Gasteiger partial charge in [-0.25, -0.2) is 8.42 Å². The summed E-state index contributed by atoms with van der Waals surface area (Å²) in [6.07, 6.45) is 0. The highest BCUT2D eigenvalue weighted by Gasteiger charge is 2.08. The van der Waals surface area contributed by atoms with E-state index in [-0.39, 0.29) is 11.5 Å². The van der Waals surface area contributed by atoms with Crippen molar-refractivity contribution in [2.24, 2.45) is 0 Å². The molecule has 0 atom stereocenters. The van der Waals surface area contributed by atoms with Gasteiger partial charge in [0.1, 0.15) is 0 Å². The summed E-state index contributed by atoms with van der Waals surface area (Å²) in [6.45, 7) is 6.98. The van der Waals surface area contributed by atoms with Crippen molar-refractivity contribution in [1.29, 1.82) is 0 Å². The molecule has 0 aromatic heterocycles. The molecule has 0 spiro atoms. The average molecular weight is 301 g/mol. The van der Waals surface area contributed by atoms with Gasteiger partial charge >= 0.3 is 0 Å². The van der Waals surface area contributed by atoms with Crippen LogP contribution in [0.5, 0.6) is 11.5 Å². The van der Waals surface area contributed by atoms with Gasteiger partial charge in [0.05, 0.1) is 19.0 Å². The van der Waals surface area contributed by atoms with Gasteiger partial charge in [-0.05, 0) is 26.0 Å². The zero-order chi connectivity index (χ0) is 15.0. The van der Waals surface area contributed by atoms with Crippen LogP contribution in [0.4, 0.5) is 5.69 Å². The minimum absolute atomic E-state index is 0.126. The van der Waals surface area contributed by atoms with E-state index in [9.17, 15) is 8.42 Å². The van der Waals surface area contributed by atoms with Gasteiger partial charge in [-0.3, -0.25) is 0 Å². The topological polar surface area (TPSA) is 64.6 Å². The van der Waals surface area contributed by atoms with Crippen LogP contribution in [0.25, 0.3) is 0 Å². The predicted octanol–water partition coefficient (Wildman–Crippen LogP) is 2.33. The van der Waals surface area contributed by atoms with Gasteiger partial charge in [-0.15, -0.1) is 0 Å². The molecular weight excluding hydrogens is 278 g/mol. The molecule has 0 unspecified atom stereocenters. The Hall–Kier alpha value is -1.43. The van der Waals surface area contributed by atoms with Crippen LogP contribution < -0.4 is 14.8 Å². The Morgan fingerprint density at radius 2 is 1.70 bits per heavy atom. The lowest BCUT2D eigenvalue weighted by atomic mass is 10.2. The first kappa shape index (κ1) is 16.6. The molecule has 0 aliphatic carbocycles. The van der Waals surface area contributed by atoms with E-state index in [1.807, 2.05) is 32.0 Å². The van der Waals surface area contributed by atoms with Crippen LogP contribution >= 0.6 is 0 Å². The zero-order valence-corrected chi connectivity index (χ0v) is 13.1. The first-order valence-corrected chi connectivity index (χ1v) is 8.68. The van der Waals surface area contributed by atoms with E-state index in [0.717, 1.165) is 5.69 Å². The number of anilines is 1. The number of ether oxygens (including phenoxy) is 2. The molecule has 1 rings (SSSR count). The molecule has 5 nitrogen and oxygen atoms in total. The van der Waals surface area contributed by atoms with Gasteiger partial charge in [0.2, 0.25) is 0 Å². The van der Waals surface area contributed by atoms with E-state index in [0.29, 0.717) is 31.3 Å². The van der Waals surface area contributed by atoms with Gasteiger partial charge in [0.25, 0.3) is 0 Å². The molecule has 1 aromatic rings. The molecular formula is C14H23NO4S. The largest absolute Gasteiger partial charge is 0.490 e. The molecule has 0 saturated heterocycles. The van der Waals surface area contributed by atoms with Gasteiger partial charge in [0, 0.05) is 24.1 Å². The van der Waals surface area contributed by atoms with Crippen molar-refractivity contribution in [3.8, 4) is 11.5 Å². The lowest BCUT2D eigenvalue weighted by molar-refractivity contribution is 0.288. The highest BCUT2D eigenvalue weighted by Crippen LogP contribution is 2.30. The van der Waals surface area contributed by atoms with Crippen LogP contribution in [0, 0.1) is 0 Å². The molecule has 1 N–H and O–H groups in total. The molecule has 0 radical (unpaired) electrons. The van der Waals surface area contributed by atoms with Crippen molar-refractivity contribution >= 4 is 15.5 Å². The summed E-state index contributed by atoms with van der Waals surface area (Å²) in [5, 5.41) is 3.09. The van der Waals surface area contributed by atoms with Crippen molar-refractivity contribution in [3.63, 3.8) is 0 Å². The van der Waals surface area contributed by atoms with Crippen molar-refractivity contribution in [2.45, 2.75) is 20.8 Å². The summed E-state index contributed by atoms with van der Waals surface area (Å²) >= 11 is 0. The maximum Gasteiger partial charge on any atom is 0.163 e. The molecule has 114 valence electrons. The second-order valence-corrected chi connectivity index (χ2v) is 6.66. The standard InChI is InChI=1S/C14H23NO4S/c1-4-18-13-8-7-12(11-14(13)19-5-2)15-9-10-20(16,17)6-3/h7-8,11,15H,4-6,9-10H2,1-3H3. The molecule has 0 aliphatic rings. The molecule has 6 heteroatoms. The first-order chi connectivity index (χ1) is 9.52. The maximum atomic E-state index is 11.4. The van der Waals surface area contributed by atoms with E-state index in [1.165, 1.54) is 0 Å². The molecule has 0 bridgehead atoms. The lowest BCUT2D eigenvalue weighted by Crippen LogP contribution is -2.17. The summed E-state index contributed by atoms with van der Waals surface area (Å²) in [6, 6.07) is 5.50. The molecule has 0 amide bonds. The summed E-state index contributed by atoms with van der Waals surface area (Å²) in [5.41, 5.74) is 0.822. The fraction of sp³-hybridized carbons (Fsp3) is 0.571. The van der Waals surface area contributed by atoms with E-state index < -0.39 is 9.84 Å². The number of rotatable bonds is 9. The Kier molecular flexibility index (Phi) is 6.64. The summed E-state index contributed by atoms with van der Waals surface area (Å²) in [5.74, 6) is 1.65. The van der Waals surface area contributed by atoms with Crippen LogP contribution in [-0.2, 0) is 9.84 Å². The minimum atomic E-state index is -2.95. The Morgan fingerprint density at radius 3 is 2.30 bits per heavy atom. The smallest absolute Gasteiger partial charge is 0.163 e. The fourth-order valence-corrected chi connectivity index (χ4v) is 2.36. The van der Waals surface area contributed by atoms with E-state index in [2.05, 4.69) is 5.32 Å². The number of hydrogen-bond acceptors (Lipinski definition) is 5. The van der Waals surface area contributed by atoms with Gasteiger partial charge < -0.3 is 14.8 Å². The summed E-state index contributed by atoms with van der Waals surface area (Å²) < 4.78 is 33.8. The SMILES string of the molecule is CCOc1ccc(NCCS(=O)(=O)CC)cc1OCC. The Bertz CT molecular complexity index is 514. The van der Waals surface area contributed by atoms with Crippen molar-refractivity contribution in [3.05, 3.63) is 18.2 Å². The van der Waals surface area contributed by atoms with E-state index in [4.69, 9.17) is 9.47 Å². The van der Waals surface area contributed by atoms with Gasteiger partial charge in [0.15, 0.2) is 21.3 Å². The third-order valence-electron chi connectivity index (χ3n) is 2.73. The number of benzene rings is 1. The number of nitrogens with one attached hydrogen (secondary N) is 1. The van der Waals surface area contributed by atoms with Crippen LogP contribution in [0.3, 0.4) is 0 Å². The monoisotopic (exact) mass is 301 g/mol. The number of hydrogen-bond donors (Lipinski definition) is 1. The van der Waals surface area contributed by atoms with Crippen LogP contribution in [0.1, 0.15) is 20.8 Å². The Morgan fingerprint density at radius 1 is 1.05 bits per heavy atom. The third-order valence-corrected chi connectivity index (χ3v) is 4.43. The maximum absolute atomic E-state index is 11.4. The van der Waals surface area contributed by atoms with Crippen LogP contribution in [-0.4, -0.2) is 39.7 Å². The van der Waals surface area contributed by atoms with Crippen LogP contribution in [0.2, 0.25) is 0 Å². The van der Waals surface area contributed by atoms with Crippen molar-refractivity contribution in [2.75, 3.05) is 36.6 Å². The minimum Gasteiger partial charge on any atom is -0.490 e. The summed E-state index contributed by atoms with van der Waals surface area (Å²) in [4.78, 5) is 0. The van der Waals surface area contributed by atoms with Gasteiger partial charge in [-0.2, -0.15) is 0 Å². The van der Waals surface area contributed by atoms with Crippen molar-refractivity contribution < 1.29 is 17.9 Å². The highest BCUT2D eigenvalue weighted by atomic mass is 32.2. The third kappa shape index (κ3) is 5.28. The first-order valence-electron chi connectivity index (χ1n) is 6.86. The molecule has 20 heavy (non-hydrogen) atoms. The van der Waals surface area contributed by atoms with E-state index in [1.54, 1.807) is 6.92 Å². The summed E-state index contributed by atoms with van der Waals surface area (Å²) in [7, 11) is -2.95. The molecule has 0 fully saturated rings. The predicted molar refractivity (Wildman–Crippen MR) is 81.6 cm³/mol. The zero-order valence-electron chi connectivity index (χ0n) is 12.3. The molecule has 0 saturated carbocycles. The Balaban J connectivity index is 2.69. The van der Waals surface area contributed by atoms with Crippen LogP contribution in [0.15, 0.2) is 18.2 Å². The average Bonchev–Trinajstić information content (AvgIpc) is 2.42. The molecule has 1 aromatic carbocycles. The quantitative estimate of drug-likeness (QED) is 0.758. The lowest BCUT2D eigenvalue weighted by Gasteiger charge is -2.13.